The average Bonchev–Trinajstić information content (AvgIpc) is 3.50. The quantitative estimate of drug-likeness (QED) is 0.162. The summed E-state index contributed by atoms with van der Waals surface area (Å²) in [5.41, 5.74) is 3.82. The minimum absolute atomic E-state index is 0.111. The number of nitrogens with zero attached hydrogens (tertiary/aromatic N) is 4. The second-order valence-corrected chi connectivity index (χ2v) is 11.7. The molecule has 0 bridgehead atoms. The molecule has 0 amide bonds. The molecular weight excluding hydrogens is 586 g/mol. The highest BCUT2D eigenvalue weighted by atomic mass is 16.5. The molecule has 2 aromatic heterocycles. The van der Waals surface area contributed by atoms with Crippen LogP contribution in [-0.2, 0) is 16.8 Å². The molecule has 0 radical (unpaired) electrons. The number of benzene rings is 3. The van der Waals surface area contributed by atoms with Gasteiger partial charge in [-0.25, -0.2) is 14.8 Å². The molecule has 2 heterocycles. The number of rotatable bonds is 11. The fraction of sp³-hybridized carbons (Fsp3) is 0.286. The number of esters is 1. The Morgan fingerprint density at radius 2 is 1.59 bits per heavy atom. The lowest BCUT2D eigenvalue weighted by Gasteiger charge is -2.36. The first kappa shape index (κ1) is 30.7. The Hall–Kier alpha value is -5.29. The van der Waals surface area contributed by atoms with Crippen LogP contribution < -0.4 is 14.8 Å². The third-order valence-electron chi connectivity index (χ3n) is 8.19. The van der Waals surface area contributed by atoms with Crippen molar-refractivity contribution in [3.63, 3.8) is 0 Å². The van der Waals surface area contributed by atoms with E-state index in [4.69, 9.17) is 18.7 Å². The second-order valence-electron chi connectivity index (χ2n) is 11.7. The lowest BCUT2D eigenvalue weighted by Crippen LogP contribution is -2.42. The van der Waals surface area contributed by atoms with Gasteiger partial charge in [-0.05, 0) is 59.2 Å². The van der Waals surface area contributed by atoms with Gasteiger partial charge < -0.3 is 29.2 Å². The van der Waals surface area contributed by atoms with Gasteiger partial charge in [0.25, 0.3) is 0 Å². The highest BCUT2D eigenvalue weighted by Crippen LogP contribution is 2.35. The summed E-state index contributed by atoms with van der Waals surface area (Å²) < 4.78 is 21.9. The van der Waals surface area contributed by atoms with E-state index in [-0.39, 0.29) is 24.2 Å². The van der Waals surface area contributed by atoms with Gasteiger partial charge in [0.1, 0.15) is 17.6 Å². The van der Waals surface area contributed by atoms with E-state index in [1.165, 1.54) is 7.11 Å². The average molecular weight is 622 g/mol. The van der Waals surface area contributed by atoms with Crippen LogP contribution in [0.5, 0.6) is 17.2 Å². The van der Waals surface area contributed by atoms with Crippen molar-refractivity contribution >= 4 is 11.7 Å². The molecule has 0 saturated heterocycles. The van der Waals surface area contributed by atoms with Crippen molar-refractivity contribution in [2.45, 2.75) is 57.8 Å². The summed E-state index contributed by atoms with van der Waals surface area (Å²) in [5.74, 6) is 2.70. The highest BCUT2D eigenvalue weighted by molar-refractivity contribution is 5.91. The predicted molar refractivity (Wildman–Crippen MR) is 170 cm³/mol. The molecule has 46 heavy (non-hydrogen) atoms. The van der Waals surface area contributed by atoms with Crippen molar-refractivity contribution in [3.05, 3.63) is 107 Å². The SMILES string of the molecule is COC(=O)c1ccc(NC2CC(Oc3ccc(C(C)(C)c4ccc(Oc5cnc(-c6noc(C)n6)nc5)cc4)cc3)C2)cc1CO. The van der Waals surface area contributed by atoms with E-state index in [2.05, 4.69) is 63.5 Å². The van der Waals surface area contributed by atoms with Gasteiger partial charge in [-0.1, -0.05) is 43.3 Å². The molecule has 236 valence electrons. The van der Waals surface area contributed by atoms with Gasteiger partial charge >= 0.3 is 5.97 Å². The maximum Gasteiger partial charge on any atom is 0.338 e. The number of carbonyl (C=O) groups excluding carboxylic acids is 1. The number of hydrogen-bond donors (Lipinski definition) is 2. The zero-order valence-corrected chi connectivity index (χ0v) is 26.1. The lowest BCUT2D eigenvalue weighted by atomic mass is 9.78. The molecular formula is C35H35N5O6. The number of aryl methyl sites for hydroxylation is 1. The molecule has 6 rings (SSSR count). The number of aliphatic hydroxyl groups is 1. The van der Waals surface area contributed by atoms with Gasteiger partial charge in [0.2, 0.25) is 17.5 Å². The number of carbonyl (C=O) groups is 1. The van der Waals surface area contributed by atoms with Gasteiger partial charge in [0, 0.05) is 36.9 Å². The summed E-state index contributed by atoms with van der Waals surface area (Å²) >= 11 is 0. The first-order valence-corrected chi connectivity index (χ1v) is 15.0. The van der Waals surface area contributed by atoms with Crippen molar-refractivity contribution in [1.82, 2.24) is 20.1 Å². The zero-order valence-electron chi connectivity index (χ0n) is 26.1. The maximum atomic E-state index is 11.9. The summed E-state index contributed by atoms with van der Waals surface area (Å²) in [7, 11) is 1.33. The Morgan fingerprint density at radius 3 is 2.17 bits per heavy atom. The predicted octanol–water partition coefficient (Wildman–Crippen LogP) is 6.25. The fourth-order valence-electron chi connectivity index (χ4n) is 5.40. The Morgan fingerprint density at radius 1 is 0.935 bits per heavy atom. The number of ether oxygens (including phenoxy) is 3. The van der Waals surface area contributed by atoms with Gasteiger partial charge in [-0.2, -0.15) is 4.98 Å². The van der Waals surface area contributed by atoms with Gasteiger partial charge in [-0.3, -0.25) is 0 Å². The molecule has 3 aromatic carbocycles. The molecule has 1 aliphatic carbocycles. The molecule has 0 unspecified atom stereocenters. The van der Waals surface area contributed by atoms with E-state index in [1.807, 2.05) is 30.3 Å². The minimum atomic E-state index is -0.461. The van der Waals surface area contributed by atoms with Crippen molar-refractivity contribution < 1.29 is 28.6 Å². The van der Waals surface area contributed by atoms with E-state index in [0.717, 1.165) is 35.4 Å². The molecule has 11 heteroatoms. The van der Waals surface area contributed by atoms with Crippen molar-refractivity contribution in [2.75, 3.05) is 12.4 Å². The van der Waals surface area contributed by atoms with Crippen LogP contribution in [0.2, 0.25) is 0 Å². The number of hydrogen-bond acceptors (Lipinski definition) is 11. The number of methoxy groups -OCH3 is 1. The standard InChI is InChI=1S/C35H35N5O6/c1-21-38-33(40-46-21)32-36-18-30(19-37-32)45-28-12-7-24(8-13-28)35(2,3)23-5-10-27(11-6-23)44-29-16-26(17-29)39-25-9-14-31(34(42)43-4)22(15-25)20-41/h5-15,18-19,26,29,39,41H,16-17,20H2,1-4H3. The van der Waals surface area contributed by atoms with Crippen LogP contribution in [0.15, 0.2) is 83.6 Å². The van der Waals surface area contributed by atoms with Crippen LogP contribution >= 0.6 is 0 Å². The van der Waals surface area contributed by atoms with Crippen LogP contribution in [-0.4, -0.2) is 50.4 Å². The van der Waals surface area contributed by atoms with Crippen LogP contribution in [0.3, 0.4) is 0 Å². The van der Waals surface area contributed by atoms with Crippen molar-refractivity contribution in [3.8, 4) is 28.9 Å². The first-order chi connectivity index (χ1) is 22.2. The molecule has 5 aromatic rings. The first-order valence-electron chi connectivity index (χ1n) is 15.0. The molecule has 0 aliphatic heterocycles. The number of nitrogens with one attached hydrogen (secondary N) is 1. The van der Waals surface area contributed by atoms with Gasteiger partial charge in [0.15, 0.2) is 5.75 Å². The molecule has 1 fully saturated rings. The molecule has 1 aliphatic rings. The van der Waals surface area contributed by atoms with Gasteiger partial charge in [0.05, 0.1) is 31.7 Å². The summed E-state index contributed by atoms with van der Waals surface area (Å²) in [6.07, 6.45) is 4.97. The third kappa shape index (κ3) is 6.69. The lowest BCUT2D eigenvalue weighted by molar-refractivity contribution is 0.0597. The number of aliphatic hydroxyl groups excluding tert-OH is 1. The van der Waals surface area contributed by atoms with E-state index >= 15 is 0 Å². The Labute approximate surface area is 266 Å². The van der Waals surface area contributed by atoms with E-state index in [1.54, 1.807) is 31.5 Å². The topological polar surface area (TPSA) is 142 Å². The van der Waals surface area contributed by atoms with Crippen molar-refractivity contribution in [2.24, 2.45) is 0 Å². The Kier molecular flexibility index (Phi) is 8.67. The van der Waals surface area contributed by atoms with Crippen LogP contribution in [0.4, 0.5) is 5.69 Å². The van der Waals surface area contributed by atoms with E-state index in [0.29, 0.717) is 40.2 Å². The summed E-state index contributed by atoms with van der Waals surface area (Å²) in [6, 6.07) is 21.8. The molecule has 0 spiro atoms. The molecule has 1 saturated carbocycles. The largest absolute Gasteiger partial charge is 0.490 e. The van der Waals surface area contributed by atoms with E-state index < -0.39 is 5.97 Å². The van der Waals surface area contributed by atoms with Crippen LogP contribution in [0, 0.1) is 6.92 Å². The van der Waals surface area contributed by atoms with Gasteiger partial charge in [-0.15, -0.1) is 0 Å². The number of aromatic nitrogens is 4. The second kappa shape index (κ2) is 13.0. The minimum Gasteiger partial charge on any atom is -0.490 e. The summed E-state index contributed by atoms with van der Waals surface area (Å²) in [4.78, 5) is 24.6. The monoisotopic (exact) mass is 621 g/mol. The Balaban J connectivity index is 1.01. The normalized spacial score (nSPS) is 15.9. The Bertz CT molecular complexity index is 1800. The smallest absolute Gasteiger partial charge is 0.338 e. The van der Waals surface area contributed by atoms with E-state index in [9.17, 15) is 9.90 Å². The highest BCUT2D eigenvalue weighted by Gasteiger charge is 2.31. The van der Waals surface area contributed by atoms with Crippen LogP contribution in [0.25, 0.3) is 11.6 Å². The number of anilines is 1. The fourth-order valence-corrected chi connectivity index (χ4v) is 5.40. The molecule has 11 nitrogen and oxygen atoms in total. The summed E-state index contributed by atoms with van der Waals surface area (Å²) in [6.45, 7) is 5.85. The maximum absolute atomic E-state index is 11.9. The molecule has 2 N–H and O–H groups in total. The van der Waals surface area contributed by atoms with Crippen molar-refractivity contribution in [1.29, 1.82) is 0 Å². The third-order valence-corrected chi connectivity index (χ3v) is 8.19. The molecule has 0 atom stereocenters. The summed E-state index contributed by atoms with van der Waals surface area (Å²) in [5, 5.41) is 17.0. The van der Waals surface area contributed by atoms with Crippen LogP contribution in [0.1, 0.15) is 59.6 Å². The zero-order chi connectivity index (χ0) is 32.3.